The van der Waals surface area contributed by atoms with Gasteiger partial charge in [-0.15, -0.1) is 23.5 Å². The molecule has 10 heteroatoms. The topological polar surface area (TPSA) is 71.1 Å². The van der Waals surface area contributed by atoms with E-state index in [1.807, 2.05) is 0 Å². The Labute approximate surface area is 136 Å². The van der Waals surface area contributed by atoms with Gasteiger partial charge < -0.3 is 18.1 Å². The Morgan fingerprint density at radius 3 is 1.10 bits per heavy atom. The molecule has 0 amide bonds. The van der Waals surface area contributed by atoms with E-state index in [1.54, 1.807) is 40.2 Å². The first-order chi connectivity index (χ1) is 9.86. The van der Waals surface area contributed by atoms with Crippen molar-refractivity contribution in [2.24, 2.45) is 0 Å². The minimum Gasteiger partial charge on any atom is -0.307 e. The van der Waals surface area contributed by atoms with Gasteiger partial charge in [0.1, 0.15) is 0 Å². The van der Waals surface area contributed by atoms with Gasteiger partial charge in [0, 0.05) is 0 Å². The summed E-state index contributed by atoms with van der Waals surface area (Å²) in [6.45, 7) is 7.56. The maximum Gasteiger partial charge on any atom is 0.369 e. The lowest BCUT2D eigenvalue weighted by atomic mass is 10.9. The third kappa shape index (κ3) is 4.51. The number of hydrogen-bond acceptors (Lipinski definition) is 8. The second-order valence-electron chi connectivity index (χ2n) is 3.62. The molecule has 0 fully saturated rings. The van der Waals surface area contributed by atoms with Gasteiger partial charge in [-0.25, -0.2) is 0 Å². The van der Waals surface area contributed by atoms with Crippen LogP contribution in [-0.2, 0) is 27.2 Å². The number of thioether (sulfide) groups is 2. The molecule has 0 aromatic carbocycles. The molecule has 0 atom stereocenters. The van der Waals surface area contributed by atoms with E-state index in [-0.39, 0.29) is 26.4 Å². The van der Waals surface area contributed by atoms with Gasteiger partial charge in [-0.2, -0.15) is 0 Å². The Morgan fingerprint density at radius 1 is 0.714 bits per heavy atom. The van der Waals surface area contributed by atoms with Gasteiger partial charge in [-0.05, 0) is 40.2 Å². The van der Waals surface area contributed by atoms with Crippen LogP contribution >= 0.6 is 38.7 Å². The highest BCUT2D eigenvalue weighted by atomic mass is 32.2. The molecule has 0 aliphatic rings. The van der Waals surface area contributed by atoms with Crippen LogP contribution in [0.5, 0.6) is 0 Å². The van der Waals surface area contributed by atoms with E-state index in [2.05, 4.69) is 0 Å². The smallest absolute Gasteiger partial charge is 0.307 e. The summed E-state index contributed by atoms with van der Waals surface area (Å²) in [5.41, 5.74) is 0. The van der Waals surface area contributed by atoms with E-state index in [1.165, 1.54) is 0 Å². The zero-order chi connectivity index (χ0) is 16.6. The van der Waals surface area contributed by atoms with Crippen LogP contribution in [0.4, 0.5) is 0 Å². The lowest BCUT2D eigenvalue weighted by molar-refractivity contribution is 0.200. The normalized spacial score (nSPS) is 13.6. The van der Waals surface area contributed by atoms with Crippen molar-refractivity contribution in [2.75, 3.05) is 38.9 Å². The van der Waals surface area contributed by atoms with Crippen LogP contribution in [-0.4, -0.2) is 42.5 Å². The second-order valence-corrected chi connectivity index (χ2v) is 11.8. The standard InChI is InChI=1S/C11H26O6P2S2/c1-7-14-18(12,15-8-2)11(20-5,21-6)19(13,16-9-3)17-10-4/h7-10H2,1-6H3. The third-order valence-corrected chi connectivity index (χ3v) is 14.6. The fourth-order valence-corrected chi connectivity index (χ4v) is 11.3. The Hall–Kier alpha value is 1.00. The van der Waals surface area contributed by atoms with Crippen molar-refractivity contribution in [3.05, 3.63) is 0 Å². The molecule has 0 aliphatic carbocycles. The van der Waals surface area contributed by atoms with Crippen LogP contribution in [0, 0.1) is 0 Å². The highest BCUT2D eigenvalue weighted by Gasteiger charge is 2.65. The Kier molecular flexibility index (Phi) is 10.5. The monoisotopic (exact) mass is 380 g/mol. The number of hydrogen-bond donors (Lipinski definition) is 0. The van der Waals surface area contributed by atoms with Crippen LogP contribution in [0.1, 0.15) is 27.7 Å². The predicted molar refractivity (Wildman–Crippen MR) is 91.5 cm³/mol. The largest absolute Gasteiger partial charge is 0.369 e. The molecule has 6 nitrogen and oxygen atoms in total. The Morgan fingerprint density at radius 2 is 0.952 bits per heavy atom. The third-order valence-electron chi connectivity index (χ3n) is 2.42. The summed E-state index contributed by atoms with van der Waals surface area (Å²) in [6.07, 6.45) is 3.40. The van der Waals surface area contributed by atoms with Crippen molar-refractivity contribution in [3.63, 3.8) is 0 Å². The van der Waals surface area contributed by atoms with Crippen molar-refractivity contribution in [1.82, 2.24) is 0 Å². The van der Waals surface area contributed by atoms with E-state index in [0.717, 1.165) is 23.5 Å². The molecular weight excluding hydrogens is 354 g/mol. The molecule has 0 N–H and O–H groups in total. The summed E-state index contributed by atoms with van der Waals surface area (Å²) in [4.78, 5) is 0. The van der Waals surface area contributed by atoms with E-state index >= 15 is 0 Å². The molecule has 0 aromatic heterocycles. The van der Waals surface area contributed by atoms with E-state index in [0.29, 0.717) is 0 Å². The van der Waals surface area contributed by atoms with E-state index in [4.69, 9.17) is 18.1 Å². The molecule has 0 aliphatic heterocycles. The molecule has 21 heavy (non-hydrogen) atoms. The summed E-state index contributed by atoms with van der Waals surface area (Å²) in [5.74, 6) is 0. The minimum atomic E-state index is -3.73. The lowest BCUT2D eigenvalue weighted by Crippen LogP contribution is -2.26. The van der Waals surface area contributed by atoms with Crippen molar-refractivity contribution in [1.29, 1.82) is 0 Å². The van der Waals surface area contributed by atoms with Gasteiger partial charge in [0.2, 0.25) is 0 Å². The summed E-state index contributed by atoms with van der Waals surface area (Å²) in [6, 6.07) is 0. The maximum atomic E-state index is 13.3. The second kappa shape index (κ2) is 9.99. The summed E-state index contributed by atoms with van der Waals surface area (Å²) < 4.78 is 46.8. The highest BCUT2D eigenvalue weighted by molar-refractivity contribution is 8.32. The fourth-order valence-electron chi connectivity index (χ4n) is 1.76. The molecule has 0 saturated carbocycles. The molecular formula is C11H26O6P2S2. The van der Waals surface area contributed by atoms with E-state index in [9.17, 15) is 9.13 Å². The molecule has 0 radical (unpaired) electrons. The minimum absolute atomic E-state index is 0.179. The summed E-state index contributed by atoms with van der Waals surface area (Å²) in [5, 5.41) is 0. The first-order valence-corrected chi connectivity index (χ1v) is 12.3. The molecule has 0 unspecified atom stereocenters. The zero-order valence-electron chi connectivity index (χ0n) is 13.5. The van der Waals surface area contributed by atoms with Gasteiger partial charge >= 0.3 is 15.2 Å². The molecule has 128 valence electrons. The van der Waals surface area contributed by atoms with Crippen molar-refractivity contribution < 1.29 is 27.2 Å². The average Bonchev–Trinajstić information content (AvgIpc) is 2.41. The molecule has 0 heterocycles. The quantitative estimate of drug-likeness (QED) is 0.351. The molecule has 0 bridgehead atoms. The average molecular weight is 380 g/mol. The van der Waals surface area contributed by atoms with Crippen molar-refractivity contribution in [3.8, 4) is 0 Å². The fraction of sp³-hybridized carbons (Fsp3) is 1.00. The van der Waals surface area contributed by atoms with Crippen LogP contribution in [0.25, 0.3) is 0 Å². The molecule has 0 spiro atoms. The van der Waals surface area contributed by atoms with Gasteiger partial charge in [-0.1, -0.05) is 0 Å². The predicted octanol–water partition coefficient (Wildman–Crippen LogP) is 4.86. The van der Waals surface area contributed by atoms with Gasteiger partial charge in [-0.3, -0.25) is 9.13 Å². The molecule has 0 saturated heterocycles. The van der Waals surface area contributed by atoms with Crippen LogP contribution in [0.2, 0.25) is 0 Å². The van der Waals surface area contributed by atoms with Crippen LogP contribution in [0.15, 0.2) is 0 Å². The molecule has 0 aromatic rings. The Bertz CT molecular complexity index is 337. The maximum absolute atomic E-state index is 13.3. The number of rotatable bonds is 12. The van der Waals surface area contributed by atoms with Gasteiger partial charge in [0.15, 0.2) is 0 Å². The highest BCUT2D eigenvalue weighted by Crippen LogP contribution is 2.85. The van der Waals surface area contributed by atoms with E-state index < -0.39 is 18.8 Å². The SMILES string of the molecule is CCOP(=O)(OCC)C(SC)(SC)P(=O)(OCC)OCC. The molecule has 0 rings (SSSR count). The summed E-state index contributed by atoms with van der Waals surface area (Å²) >= 11 is 2.26. The van der Waals surface area contributed by atoms with Crippen LogP contribution < -0.4 is 0 Å². The zero-order valence-corrected chi connectivity index (χ0v) is 16.9. The van der Waals surface area contributed by atoms with Crippen molar-refractivity contribution >= 4 is 38.7 Å². The summed E-state index contributed by atoms with van der Waals surface area (Å²) in [7, 11) is -7.46. The van der Waals surface area contributed by atoms with Gasteiger partial charge in [0.05, 0.1) is 26.4 Å². The first-order valence-electron chi connectivity index (χ1n) is 6.75. The van der Waals surface area contributed by atoms with Gasteiger partial charge in [0.25, 0.3) is 3.56 Å². The van der Waals surface area contributed by atoms with Crippen molar-refractivity contribution in [2.45, 2.75) is 31.3 Å². The Balaban J connectivity index is 6.08. The first kappa shape index (κ1) is 22.0. The van der Waals surface area contributed by atoms with Crippen LogP contribution in [0.3, 0.4) is 0 Å². The lowest BCUT2D eigenvalue weighted by Gasteiger charge is -2.39.